The molecule has 78 valence electrons. The molecule has 1 aromatic heterocycles. The van der Waals surface area contributed by atoms with Gasteiger partial charge in [0, 0.05) is 6.42 Å². The lowest BCUT2D eigenvalue weighted by Gasteiger charge is -2.07. The quantitative estimate of drug-likeness (QED) is 0.745. The van der Waals surface area contributed by atoms with Crippen molar-refractivity contribution in [1.29, 1.82) is 0 Å². The zero-order valence-electron chi connectivity index (χ0n) is 8.41. The summed E-state index contributed by atoms with van der Waals surface area (Å²) in [5.74, 6) is 0.185. The van der Waals surface area contributed by atoms with E-state index in [1.54, 1.807) is 0 Å². The summed E-state index contributed by atoms with van der Waals surface area (Å²) >= 11 is 0. The monoisotopic (exact) mass is 204 g/mol. The van der Waals surface area contributed by atoms with Gasteiger partial charge in [0.1, 0.15) is 6.29 Å². The first-order valence-electron chi connectivity index (χ1n) is 4.86. The molecule has 1 aromatic carbocycles. The number of benzene rings is 1. The maximum atomic E-state index is 11.0. The van der Waals surface area contributed by atoms with Gasteiger partial charge in [-0.1, -0.05) is 13.0 Å². The van der Waals surface area contributed by atoms with Gasteiger partial charge >= 0.3 is 5.69 Å². The van der Waals surface area contributed by atoms with E-state index in [9.17, 15) is 9.59 Å². The molecule has 1 heterocycles. The standard InChI is InChI=1S/C11H12N2O2/c1-7(4-5-14)8-2-3-9-10(6-8)13-11(15)12-9/h2-3,5-7H,4H2,1H3,(H2,12,13,15). The van der Waals surface area contributed by atoms with Gasteiger partial charge in [-0.3, -0.25) is 0 Å². The molecule has 4 nitrogen and oxygen atoms in total. The fraction of sp³-hybridized carbons (Fsp3) is 0.273. The van der Waals surface area contributed by atoms with Crippen molar-refractivity contribution < 1.29 is 4.79 Å². The van der Waals surface area contributed by atoms with E-state index in [1.807, 2.05) is 25.1 Å². The summed E-state index contributed by atoms with van der Waals surface area (Å²) < 4.78 is 0. The van der Waals surface area contributed by atoms with E-state index in [0.29, 0.717) is 6.42 Å². The minimum absolute atomic E-state index is 0.185. The van der Waals surface area contributed by atoms with Crippen LogP contribution in [-0.4, -0.2) is 16.3 Å². The molecule has 0 aliphatic heterocycles. The molecule has 0 saturated carbocycles. The van der Waals surface area contributed by atoms with Crippen LogP contribution in [0.25, 0.3) is 11.0 Å². The number of imidazole rings is 1. The van der Waals surface area contributed by atoms with Crippen molar-refractivity contribution in [3.63, 3.8) is 0 Å². The Bertz CT molecular complexity index is 539. The molecule has 2 N–H and O–H groups in total. The van der Waals surface area contributed by atoms with Crippen LogP contribution in [0.4, 0.5) is 0 Å². The number of carbonyl (C=O) groups is 1. The first-order valence-corrected chi connectivity index (χ1v) is 4.86. The molecule has 0 aliphatic rings. The number of hydrogen-bond acceptors (Lipinski definition) is 2. The zero-order chi connectivity index (χ0) is 10.8. The van der Waals surface area contributed by atoms with Crippen LogP contribution >= 0.6 is 0 Å². The zero-order valence-corrected chi connectivity index (χ0v) is 8.41. The number of aromatic amines is 2. The van der Waals surface area contributed by atoms with Crippen LogP contribution in [0.3, 0.4) is 0 Å². The van der Waals surface area contributed by atoms with E-state index in [4.69, 9.17) is 0 Å². The Labute approximate surface area is 86.3 Å². The highest BCUT2D eigenvalue weighted by Gasteiger charge is 2.06. The molecule has 0 aliphatic carbocycles. The summed E-state index contributed by atoms with van der Waals surface area (Å²) in [4.78, 5) is 26.8. The Morgan fingerprint density at radius 2 is 2.07 bits per heavy atom. The van der Waals surface area contributed by atoms with Gasteiger partial charge in [-0.25, -0.2) is 4.79 Å². The molecule has 0 radical (unpaired) electrons. The van der Waals surface area contributed by atoms with Gasteiger partial charge in [0.15, 0.2) is 0 Å². The summed E-state index contributed by atoms with van der Waals surface area (Å²) in [6.07, 6.45) is 1.41. The molecule has 4 heteroatoms. The predicted octanol–water partition coefficient (Wildman–Crippen LogP) is 1.55. The summed E-state index contributed by atoms with van der Waals surface area (Å²) in [7, 11) is 0. The number of rotatable bonds is 3. The van der Waals surface area contributed by atoms with Crippen LogP contribution in [0.15, 0.2) is 23.0 Å². The van der Waals surface area contributed by atoms with Gasteiger partial charge in [-0.2, -0.15) is 0 Å². The number of aldehydes is 1. The minimum atomic E-state index is -0.204. The molecule has 0 spiro atoms. The van der Waals surface area contributed by atoms with Crippen LogP contribution in [0, 0.1) is 0 Å². The fourth-order valence-corrected chi connectivity index (χ4v) is 1.64. The lowest BCUT2D eigenvalue weighted by molar-refractivity contribution is -0.108. The lowest BCUT2D eigenvalue weighted by atomic mass is 9.98. The number of fused-ring (bicyclic) bond motifs is 1. The Balaban J connectivity index is 2.45. The second kappa shape index (κ2) is 3.73. The second-order valence-corrected chi connectivity index (χ2v) is 3.69. The minimum Gasteiger partial charge on any atom is -0.306 e. The van der Waals surface area contributed by atoms with Crippen molar-refractivity contribution >= 4 is 17.3 Å². The molecule has 2 rings (SSSR count). The van der Waals surface area contributed by atoms with E-state index in [0.717, 1.165) is 22.9 Å². The predicted molar refractivity (Wildman–Crippen MR) is 58.0 cm³/mol. The molecule has 0 saturated heterocycles. The van der Waals surface area contributed by atoms with Gasteiger partial charge in [0.2, 0.25) is 0 Å². The van der Waals surface area contributed by atoms with Crippen LogP contribution in [-0.2, 0) is 4.79 Å². The van der Waals surface area contributed by atoms with Gasteiger partial charge in [0.25, 0.3) is 0 Å². The SMILES string of the molecule is CC(CC=O)c1ccc2[nH]c(=O)[nH]c2c1. The first kappa shape index (κ1) is 9.71. The average Bonchev–Trinajstić information content (AvgIpc) is 2.57. The Morgan fingerprint density at radius 1 is 1.33 bits per heavy atom. The lowest BCUT2D eigenvalue weighted by Crippen LogP contribution is -1.99. The highest BCUT2D eigenvalue weighted by atomic mass is 16.1. The molecule has 1 unspecified atom stereocenters. The third-order valence-corrected chi connectivity index (χ3v) is 2.56. The Kier molecular flexibility index (Phi) is 2.41. The third kappa shape index (κ3) is 1.83. The summed E-state index contributed by atoms with van der Waals surface area (Å²) in [5.41, 5.74) is 2.44. The van der Waals surface area contributed by atoms with Crippen molar-refractivity contribution in [3.05, 3.63) is 34.2 Å². The molecular formula is C11H12N2O2. The third-order valence-electron chi connectivity index (χ3n) is 2.56. The largest absolute Gasteiger partial charge is 0.323 e. The summed E-state index contributed by atoms with van der Waals surface area (Å²) in [6.45, 7) is 1.99. The maximum Gasteiger partial charge on any atom is 0.323 e. The Morgan fingerprint density at radius 3 is 2.80 bits per heavy atom. The maximum absolute atomic E-state index is 11.0. The first-order chi connectivity index (χ1) is 7.20. The number of H-pyrrole nitrogens is 2. The summed E-state index contributed by atoms with van der Waals surface area (Å²) in [6, 6.07) is 5.69. The molecule has 1 atom stereocenters. The van der Waals surface area contributed by atoms with E-state index in [-0.39, 0.29) is 11.6 Å². The van der Waals surface area contributed by atoms with Crippen molar-refractivity contribution in [2.75, 3.05) is 0 Å². The molecule has 0 amide bonds. The molecule has 2 aromatic rings. The van der Waals surface area contributed by atoms with Crippen molar-refractivity contribution in [2.45, 2.75) is 19.3 Å². The van der Waals surface area contributed by atoms with E-state index < -0.39 is 0 Å². The van der Waals surface area contributed by atoms with E-state index >= 15 is 0 Å². The van der Waals surface area contributed by atoms with Gasteiger partial charge in [0.05, 0.1) is 11.0 Å². The number of nitrogens with one attached hydrogen (secondary N) is 2. The highest BCUT2D eigenvalue weighted by molar-refractivity contribution is 5.75. The normalized spacial score (nSPS) is 12.9. The molecule has 0 bridgehead atoms. The second-order valence-electron chi connectivity index (χ2n) is 3.69. The molecular weight excluding hydrogens is 192 g/mol. The number of carbonyl (C=O) groups excluding carboxylic acids is 1. The van der Waals surface area contributed by atoms with Gasteiger partial charge in [-0.05, 0) is 23.6 Å². The van der Waals surface area contributed by atoms with Gasteiger partial charge < -0.3 is 14.8 Å². The Hall–Kier alpha value is -1.84. The van der Waals surface area contributed by atoms with Crippen LogP contribution in [0.2, 0.25) is 0 Å². The van der Waals surface area contributed by atoms with E-state index in [1.165, 1.54) is 0 Å². The van der Waals surface area contributed by atoms with Crippen molar-refractivity contribution in [1.82, 2.24) is 9.97 Å². The summed E-state index contributed by atoms with van der Waals surface area (Å²) in [5, 5.41) is 0. The van der Waals surface area contributed by atoms with Crippen molar-refractivity contribution in [3.8, 4) is 0 Å². The van der Waals surface area contributed by atoms with Gasteiger partial charge in [-0.15, -0.1) is 0 Å². The number of aromatic nitrogens is 2. The molecule has 15 heavy (non-hydrogen) atoms. The fourth-order valence-electron chi connectivity index (χ4n) is 1.64. The highest BCUT2D eigenvalue weighted by Crippen LogP contribution is 2.20. The topological polar surface area (TPSA) is 65.7 Å². The van der Waals surface area contributed by atoms with Crippen LogP contribution in [0.5, 0.6) is 0 Å². The average molecular weight is 204 g/mol. The van der Waals surface area contributed by atoms with E-state index in [2.05, 4.69) is 9.97 Å². The molecule has 0 fully saturated rings. The van der Waals surface area contributed by atoms with Crippen molar-refractivity contribution in [2.24, 2.45) is 0 Å². The van der Waals surface area contributed by atoms with Crippen LogP contribution in [0.1, 0.15) is 24.8 Å². The van der Waals surface area contributed by atoms with Crippen LogP contribution < -0.4 is 5.69 Å². The number of hydrogen-bond donors (Lipinski definition) is 2. The smallest absolute Gasteiger partial charge is 0.306 e.